The molecule has 146 valence electrons. The van der Waals surface area contributed by atoms with Crippen molar-refractivity contribution in [2.75, 3.05) is 12.4 Å². The molecule has 3 aromatic carbocycles. The third kappa shape index (κ3) is 5.20. The minimum atomic E-state index is -0.505. The molecule has 0 saturated heterocycles. The van der Waals surface area contributed by atoms with Crippen LogP contribution in [0.4, 0.5) is 5.69 Å². The Hall–Kier alpha value is -4.13. The van der Waals surface area contributed by atoms with Gasteiger partial charge in [0.1, 0.15) is 5.75 Å². The summed E-state index contributed by atoms with van der Waals surface area (Å²) in [6, 6.07) is 21.6. The minimum Gasteiger partial charge on any atom is -0.497 e. The van der Waals surface area contributed by atoms with Gasteiger partial charge in [-0.15, -0.1) is 0 Å². The summed E-state index contributed by atoms with van der Waals surface area (Å²) < 4.78 is 5.07. The van der Waals surface area contributed by atoms with E-state index < -0.39 is 11.8 Å². The molecule has 0 radical (unpaired) electrons. The van der Waals surface area contributed by atoms with Gasteiger partial charge in [0.25, 0.3) is 17.7 Å². The fourth-order valence-corrected chi connectivity index (χ4v) is 2.53. The van der Waals surface area contributed by atoms with Crippen LogP contribution in [0, 0.1) is 0 Å². The lowest BCUT2D eigenvalue weighted by Crippen LogP contribution is -2.41. The van der Waals surface area contributed by atoms with Crippen LogP contribution in [0.25, 0.3) is 0 Å². The topological polar surface area (TPSA) is 96.5 Å². The highest BCUT2D eigenvalue weighted by molar-refractivity contribution is 6.05. The lowest BCUT2D eigenvalue weighted by atomic mass is 10.1. The Labute approximate surface area is 167 Å². The van der Waals surface area contributed by atoms with Crippen molar-refractivity contribution in [3.63, 3.8) is 0 Å². The van der Waals surface area contributed by atoms with E-state index in [4.69, 9.17) is 4.74 Å². The van der Waals surface area contributed by atoms with Crippen molar-refractivity contribution in [3.8, 4) is 5.75 Å². The maximum Gasteiger partial charge on any atom is 0.269 e. The molecule has 29 heavy (non-hydrogen) atoms. The number of methoxy groups -OCH3 is 1. The van der Waals surface area contributed by atoms with Crippen LogP contribution < -0.4 is 20.9 Å². The molecule has 7 nitrogen and oxygen atoms in total. The Balaban J connectivity index is 1.61. The van der Waals surface area contributed by atoms with Gasteiger partial charge < -0.3 is 10.1 Å². The second-order valence-corrected chi connectivity index (χ2v) is 6.04. The van der Waals surface area contributed by atoms with Crippen molar-refractivity contribution in [2.24, 2.45) is 0 Å². The molecule has 7 heteroatoms. The number of amides is 3. The summed E-state index contributed by atoms with van der Waals surface area (Å²) in [7, 11) is 1.55. The maximum absolute atomic E-state index is 12.4. The van der Waals surface area contributed by atoms with E-state index in [1.54, 1.807) is 79.9 Å². The fourth-order valence-electron chi connectivity index (χ4n) is 2.53. The zero-order valence-electron chi connectivity index (χ0n) is 15.6. The van der Waals surface area contributed by atoms with E-state index in [2.05, 4.69) is 16.2 Å². The van der Waals surface area contributed by atoms with Gasteiger partial charge in [0.2, 0.25) is 0 Å². The lowest BCUT2D eigenvalue weighted by molar-refractivity contribution is 0.0846. The van der Waals surface area contributed by atoms with Crippen LogP contribution in [0.3, 0.4) is 0 Å². The molecule has 0 saturated carbocycles. The van der Waals surface area contributed by atoms with E-state index in [0.29, 0.717) is 22.6 Å². The van der Waals surface area contributed by atoms with Gasteiger partial charge in [0.15, 0.2) is 0 Å². The molecule has 3 N–H and O–H groups in total. The largest absolute Gasteiger partial charge is 0.497 e. The average molecular weight is 389 g/mol. The van der Waals surface area contributed by atoms with Crippen LogP contribution in [-0.4, -0.2) is 24.8 Å². The van der Waals surface area contributed by atoms with Crippen LogP contribution in [-0.2, 0) is 0 Å². The van der Waals surface area contributed by atoms with E-state index in [-0.39, 0.29) is 11.5 Å². The predicted molar refractivity (Wildman–Crippen MR) is 109 cm³/mol. The Morgan fingerprint density at radius 1 is 0.655 bits per heavy atom. The number of nitrogens with one attached hydrogen (secondary N) is 3. The molecule has 0 aromatic heterocycles. The van der Waals surface area contributed by atoms with E-state index in [9.17, 15) is 14.4 Å². The maximum atomic E-state index is 12.4. The quantitative estimate of drug-likeness (QED) is 0.585. The first-order valence-electron chi connectivity index (χ1n) is 8.78. The van der Waals surface area contributed by atoms with Crippen LogP contribution in [0.2, 0.25) is 0 Å². The Kier molecular flexibility index (Phi) is 6.22. The van der Waals surface area contributed by atoms with Gasteiger partial charge in [-0.1, -0.05) is 24.3 Å². The number of rotatable bonds is 5. The highest BCUT2D eigenvalue weighted by atomic mass is 16.5. The molecule has 3 amide bonds. The number of benzene rings is 3. The van der Waals surface area contributed by atoms with Gasteiger partial charge in [-0.25, -0.2) is 0 Å². The molecule has 0 atom stereocenters. The van der Waals surface area contributed by atoms with Gasteiger partial charge in [-0.3, -0.25) is 25.2 Å². The molecule has 0 heterocycles. The first kappa shape index (κ1) is 19.6. The Bertz CT molecular complexity index is 1020. The second kappa shape index (κ2) is 9.18. The van der Waals surface area contributed by atoms with Crippen molar-refractivity contribution in [3.05, 3.63) is 95.6 Å². The smallest absolute Gasteiger partial charge is 0.269 e. The summed E-state index contributed by atoms with van der Waals surface area (Å²) in [6.07, 6.45) is 0. The molecule has 0 aliphatic heterocycles. The molecular weight excluding hydrogens is 370 g/mol. The molecule has 3 aromatic rings. The summed E-state index contributed by atoms with van der Waals surface area (Å²) in [5, 5.41) is 2.73. The normalized spacial score (nSPS) is 9.97. The minimum absolute atomic E-state index is 0.283. The highest BCUT2D eigenvalue weighted by Gasteiger charge is 2.11. The number of carbonyl (C=O) groups excluding carboxylic acids is 3. The van der Waals surface area contributed by atoms with Crippen LogP contribution >= 0.6 is 0 Å². The number of ether oxygens (including phenoxy) is 1. The highest BCUT2D eigenvalue weighted by Crippen LogP contribution is 2.15. The van der Waals surface area contributed by atoms with Crippen LogP contribution in [0.15, 0.2) is 78.9 Å². The summed E-state index contributed by atoms with van der Waals surface area (Å²) >= 11 is 0. The Morgan fingerprint density at radius 2 is 1.24 bits per heavy atom. The van der Waals surface area contributed by atoms with Gasteiger partial charge in [0, 0.05) is 22.4 Å². The standard InChI is InChI=1S/C22H19N3O4/c1-29-19-12-10-16(11-13-19)20(26)23-18-9-5-8-17(14-18)22(28)25-24-21(27)15-6-3-2-4-7-15/h2-14H,1H3,(H,23,26)(H,24,27)(H,25,28). The summed E-state index contributed by atoms with van der Waals surface area (Å²) in [5.41, 5.74) is 6.33. The fraction of sp³-hybridized carbons (Fsp3) is 0.0455. The number of anilines is 1. The number of hydrogen-bond donors (Lipinski definition) is 3. The van der Waals surface area contributed by atoms with E-state index in [0.717, 1.165) is 0 Å². The molecule has 3 rings (SSSR count). The monoisotopic (exact) mass is 389 g/mol. The van der Waals surface area contributed by atoms with E-state index in [1.165, 1.54) is 6.07 Å². The summed E-state index contributed by atoms with van der Waals surface area (Å²) in [5.74, 6) is -0.599. The molecule has 0 aliphatic rings. The van der Waals surface area contributed by atoms with E-state index >= 15 is 0 Å². The van der Waals surface area contributed by atoms with Crippen molar-refractivity contribution >= 4 is 23.4 Å². The number of hydrazine groups is 1. The second-order valence-electron chi connectivity index (χ2n) is 6.04. The Morgan fingerprint density at radius 3 is 1.90 bits per heavy atom. The van der Waals surface area contributed by atoms with Crippen LogP contribution in [0.5, 0.6) is 5.75 Å². The zero-order valence-corrected chi connectivity index (χ0v) is 15.6. The SMILES string of the molecule is COc1ccc(C(=O)Nc2cccc(C(=O)NNC(=O)c3ccccc3)c2)cc1. The molecule has 0 bridgehead atoms. The predicted octanol–water partition coefficient (Wildman–Crippen LogP) is 3.02. The number of hydrogen-bond acceptors (Lipinski definition) is 4. The van der Waals surface area contributed by atoms with Crippen molar-refractivity contribution < 1.29 is 19.1 Å². The average Bonchev–Trinajstić information content (AvgIpc) is 2.78. The van der Waals surface area contributed by atoms with E-state index in [1.807, 2.05) is 0 Å². The summed E-state index contributed by atoms with van der Waals surface area (Å²) in [6.45, 7) is 0. The van der Waals surface area contributed by atoms with Crippen molar-refractivity contribution in [1.29, 1.82) is 0 Å². The third-order valence-electron chi connectivity index (χ3n) is 4.06. The van der Waals surface area contributed by atoms with Crippen molar-refractivity contribution in [1.82, 2.24) is 10.9 Å². The zero-order chi connectivity index (χ0) is 20.6. The van der Waals surface area contributed by atoms with Gasteiger partial charge in [-0.2, -0.15) is 0 Å². The first-order chi connectivity index (χ1) is 14.1. The number of carbonyl (C=O) groups is 3. The summed E-state index contributed by atoms with van der Waals surface area (Å²) in [4.78, 5) is 36.7. The van der Waals surface area contributed by atoms with Crippen molar-refractivity contribution in [2.45, 2.75) is 0 Å². The lowest BCUT2D eigenvalue weighted by Gasteiger charge is -2.10. The molecule has 0 aliphatic carbocycles. The van der Waals surface area contributed by atoms with Gasteiger partial charge >= 0.3 is 0 Å². The molecule has 0 unspecified atom stereocenters. The molecule has 0 spiro atoms. The van der Waals surface area contributed by atoms with Gasteiger partial charge in [-0.05, 0) is 54.6 Å². The first-order valence-corrected chi connectivity index (χ1v) is 8.78. The van der Waals surface area contributed by atoms with Gasteiger partial charge in [0.05, 0.1) is 7.11 Å². The molecular formula is C22H19N3O4. The molecule has 0 fully saturated rings. The van der Waals surface area contributed by atoms with Crippen LogP contribution in [0.1, 0.15) is 31.1 Å². The third-order valence-corrected chi connectivity index (χ3v) is 4.06.